The lowest BCUT2D eigenvalue weighted by molar-refractivity contribution is 0.590. The largest absolute Gasteiger partial charge is 0.456 e. The van der Waals surface area contributed by atoms with Crippen molar-refractivity contribution in [2.24, 2.45) is 0 Å². The summed E-state index contributed by atoms with van der Waals surface area (Å²) >= 11 is 0. The highest BCUT2D eigenvalue weighted by Crippen LogP contribution is 2.35. The van der Waals surface area contributed by atoms with E-state index in [9.17, 15) is 0 Å². The molecule has 0 radical (unpaired) electrons. The number of fused-ring (bicyclic) bond motifs is 3. The van der Waals surface area contributed by atoms with Crippen LogP contribution >= 0.6 is 0 Å². The average molecular weight is 314 g/mol. The van der Waals surface area contributed by atoms with E-state index in [1.54, 1.807) is 0 Å². The normalized spacial score (nSPS) is 12.2. The maximum atomic E-state index is 6.11. The summed E-state index contributed by atoms with van der Waals surface area (Å²) < 4.78 is 6.11. The van der Waals surface area contributed by atoms with E-state index in [1.807, 2.05) is 0 Å². The van der Waals surface area contributed by atoms with E-state index >= 15 is 0 Å². The fourth-order valence-corrected chi connectivity index (χ4v) is 3.17. The molecule has 0 atom stereocenters. The summed E-state index contributed by atoms with van der Waals surface area (Å²) in [6.07, 6.45) is 0. The molecule has 0 saturated heterocycles. The lowest BCUT2D eigenvalue weighted by Gasteiger charge is -2.18. The van der Waals surface area contributed by atoms with Crippen LogP contribution in [0.25, 0.3) is 33.1 Å². The topological polar surface area (TPSA) is 13.1 Å². The number of hydrogen-bond acceptors (Lipinski definition) is 1. The Morgan fingerprint density at radius 3 is 2.08 bits per heavy atom. The molecule has 0 bridgehead atoms. The van der Waals surface area contributed by atoms with E-state index in [4.69, 9.17) is 4.42 Å². The minimum absolute atomic E-state index is 0.139. The maximum Gasteiger partial charge on any atom is 0.136 e. The van der Waals surface area contributed by atoms with Crippen LogP contribution in [0.5, 0.6) is 0 Å². The maximum absolute atomic E-state index is 6.11. The lowest BCUT2D eigenvalue weighted by atomic mass is 9.86. The molecule has 0 spiro atoms. The molecular formula is C23H22O. The Hall–Kier alpha value is -2.54. The molecule has 0 unspecified atom stereocenters. The van der Waals surface area contributed by atoms with Crippen LogP contribution in [-0.2, 0) is 5.41 Å². The predicted octanol–water partition coefficient (Wildman–Crippen LogP) is 6.86. The first-order chi connectivity index (χ1) is 11.4. The number of furan rings is 1. The Labute approximate surface area is 142 Å². The third-order valence-corrected chi connectivity index (χ3v) is 4.72. The molecule has 1 nitrogen and oxygen atoms in total. The van der Waals surface area contributed by atoms with Crippen molar-refractivity contribution in [2.75, 3.05) is 0 Å². The van der Waals surface area contributed by atoms with Gasteiger partial charge in [0.1, 0.15) is 11.2 Å². The zero-order valence-corrected chi connectivity index (χ0v) is 14.7. The SMILES string of the molecule is Cc1ccc(-c2ccc3c(c2)oc2ccc(C(C)(C)C)cc23)cc1. The van der Waals surface area contributed by atoms with Gasteiger partial charge in [0.15, 0.2) is 0 Å². The monoisotopic (exact) mass is 314 g/mol. The van der Waals surface area contributed by atoms with Gasteiger partial charge in [0.25, 0.3) is 0 Å². The quantitative estimate of drug-likeness (QED) is 0.374. The zero-order chi connectivity index (χ0) is 16.9. The van der Waals surface area contributed by atoms with Crippen LogP contribution in [0.15, 0.2) is 65.1 Å². The van der Waals surface area contributed by atoms with Crippen molar-refractivity contribution < 1.29 is 4.42 Å². The highest BCUT2D eigenvalue weighted by Gasteiger charge is 2.16. The van der Waals surface area contributed by atoms with Crippen LogP contribution in [0.1, 0.15) is 31.9 Å². The minimum atomic E-state index is 0.139. The Morgan fingerprint density at radius 2 is 1.38 bits per heavy atom. The predicted molar refractivity (Wildman–Crippen MR) is 103 cm³/mol. The van der Waals surface area contributed by atoms with E-state index in [0.29, 0.717) is 0 Å². The Morgan fingerprint density at radius 1 is 0.667 bits per heavy atom. The van der Waals surface area contributed by atoms with E-state index in [0.717, 1.165) is 11.2 Å². The van der Waals surface area contributed by atoms with Gasteiger partial charge in [-0.25, -0.2) is 0 Å². The first kappa shape index (κ1) is 15.0. The minimum Gasteiger partial charge on any atom is -0.456 e. The Kier molecular flexibility index (Phi) is 3.28. The van der Waals surface area contributed by atoms with Crippen LogP contribution in [0.3, 0.4) is 0 Å². The molecule has 0 N–H and O–H groups in total. The molecule has 24 heavy (non-hydrogen) atoms. The molecule has 0 aliphatic carbocycles. The van der Waals surface area contributed by atoms with Crippen LogP contribution < -0.4 is 0 Å². The average Bonchev–Trinajstić information content (AvgIpc) is 2.91. The Bertz CT molecular complexity index is 1030. The molecule has 4 rings (SSSR count). The second kappa shape index (κ2) is 5.24. The fourth-order valence-electron chi connectivity index (χ4n) is 3.17. The molecular weight excluding hydrogens is 292 g/mol. The lowest BCUT2D eigenvalue weighted by Crippen LogP contribution is -2.10. The van der Waals surface area contributed by atoms with E-state index in [1.165, 1.54) is 33.0 Å². The molecule has 3 aromatic carbocycles. The zero-order valence-electron chi connectivity index (χ0n) is 14.7. The van der Waals surface area contributed by atoms with Gasteiger partial charge in [0, 0.05) is 10.8 Å². The third kappa shape index (κ3) is 2.50. The summed E-state index contributed by atoms with van der Waals surface area (Å²) in [5, 5.41) is 2.39. The van der Waals surface area contributed by atoms with E-state index in [-0.39, 0.29) is 5.41 Å². The number of hydrogen-bond donors (Lipinski definition) is 0. The third-order valence-electron chi connectivity index (χ3n) is 4.72. The summed E-state index contributed by atoms with van der Waals surface area (Å²) in [5.41, 5.74) is 7.07. The second-order valence-electron chi connectivity index (χ2n) is 7.64. The molecule has 1 heterocycles. The van der Waals surface area contributed by atoms with Crippen molar-refractivity contribution in [1.82, 2.24) is 0 Å². The number of aryl methyl sites for hydroxylation is 1. The standard InChI is InChI=1S/C23H22O/c1-15-5-7-16(8-6-15)17-9-11-19-20-14-18(23(2,3)4)10-12-21(20)24-22(19)13-17/h5-14H,1-4H3. The van der Waals surface area contributed by atoms with Crippen molar-refractivity contribution in [2.45, 2.75) is 33.1 Å². The van der Waals surface area contributed by atoms with Gasteiger partial charge in [-0.1, -0.05) is 62.7 Å². The van der Waals surface area contributed by atoms with Crippen LogP contribution in [0.4, 0.5) is 0 Å². The smallest absolute Gasteiger partial charge is 0.136 e. The van der Waals surface area contributed by atoms with Gasteiger partial charge in [-0.2, -0.15) is 0 Å². The van der Waals surface area contributed by atoms with Crippen LogP contribution in [0.2, 0.25) is 0 Å². The molecule has 1 heteroatoms. The van der Waals surface area contributed by atoms with Gasteiger partial charge < -0.3 is 4.42 Å². The van der Waals surface area contributed by atoms with Gasteiger partial charge in [0.05, 0.1) is 0 Å². The first-order valence-electron chi connectivity index (χ1n) is 8.46. The molecule has 120 valence electrons. The molecule has 1 aromatic heterocycles. The van der Waals surface area contributed by atoms with E-state index < -0.39 is 0 Å². The van der Waals surface area contributed by atoms with E-state index in [2.05, 4.69) is 88.4 Å². The van der Waals surface area contributed by atoms with Gasteiger partial charge >= 0.3 is 0 Å². The second-order valence-corrected chi connectivity index (χ2v) is 7.64. The van der Waals surface area contributed by atoms with Crippen molar-refractivity contribution in [1.29, 1.82) is 0 Å². The number of rotatable bonds is 1. The summed E-state index contributed by atoms with van der Waals surface area (Å²) in [5.74, 6) is 0. The number of benzene rings is 3. The summed E-state index contributed by atoms with van der Waals surface area (Å²) in [7, 11) is 0. The molecule has 0 fully saturated rings. The highest BCUT2D eigenvalue weighted by atomic mass is 16.3. The molecule has 0 amide bonds. The highest BCUT2D eigenvalue weighted by molar-refractivity contribution is 6.06. The van der Waals surface area contributed by atoms with Crippen molar-refractivity contribution in [3.8, 4) is 11.1 Å². The van der Waals surface area contributed by atoms with Crippen molar-refractivity contribution in [3.05, 3.63) is 71.8 Å². The first-order valence-corrected chi connectivity index (χ1v) is 8.46. The van der Waals surface area contributed by atoms with Gasteiger partial charge in [-0.05, 0) is 53.3 Å². The Balaban J connectivity index is 1.89. The van der Waals surface area contributed by atoms with Gasteiger partial charge in [0.2, 0.25) is 0 Å². The molecule has 0 saturated carbocycles. The van der Waals surface area contributed by atoms with Crippen LogP contribution in [-0.4, -0.2) is 0 Å². The van der Waals surface area contributed by atoms with Gasteiger partial charge in [-0.15, -0.1) is 0 Å². The van der Waals surface area contributed by atoms with Crippen molar-refractivity contribution >= 4 is 21.9 Å². The fraction of sp³-hybridized carbons (Fsp3) is 0.217. The van der Waals surface area contributed by atoms with Gasteiger partial charge in [-0.3, -0.25) is 0 Å². The summed E-state index contributed by atoms with van der Waals surface area (Å²) in [4.78, 5) is 0. The van der Waals surface area contributed by atoms with Crippen molar-refractivity contribution in [3.63, 3.8) is 0 Å². The van der Waals surface area contributed by atoms with Crippen LogP contribution in [0, 0.1) is 6.92 Å². The molecule has 0 aliphatic heterocycles. The summed E-state index contributed by atoms with van der Waals surface area (Å²) in [6.45, 7) is 8.84. The summed E-state index contributed by atoms with van der Waals surface area (Å²) in [6, 6.07) is 21.7. The molecule has 0 aliphatic rings. The molecule has 4 aromatic rings.